The first-order chi connectivity index (χ1) is 9.94. The second-order valence-electron chi connectivity index (χ2n) is 6.74. The van der Waals surface area contributed by atoms with E-state index in [0.29, 0.717) is 24.8 Å². The van der Waals surface area contributed by atoms with E-state index in [2.05, 4.69) is 26.1 Å². The van der Waals surface area contributed by atoms with Gasteiger partial charge in [0.05, 0.1) is 6.61 Å². The van der Waals surface area contributed by atoms with E-state index in [0.717, 1.165) is 31.6 Å². The zero-order chi connectivity index (χ0) is 15.3. The van der Waals surface area contributed by atoms with Gasteiger partial charge in [-0.25, -0.2) is 4.39 Å². The smallest absolute Gasteiger partial charge is 0.165 e. The monoisotopic (exact) mass is 295 g/mol. The predicted octanol–water partition coefficient (Wildman–Crippen LogP) is 3.52. The van der Waals surface area contributed by atoms with Crippen LogP contribution in [0.2, 0.25) is 0 Å². The average Bonchev–Trinajstić information content (AvgIpc) is 2.44. The minimum absolute atomic E-state index is 0.0225. The zero-order valence-electron chi connectivity index (χ0n) is 13.2. The van der Waals surface area contributed by atoms with E-state index in [1.807, 2.05) is 6.07 Å². The topological polar surface area (TPSA) is 30.5 Å². The molecule has 0 atom stereocenters. The van der Waals surface area contributed by atoms with Crippen LogP contribution in [0.15, 0.2) is 18.2 Å². The third kappa shape index (κ3) is 5.64. The molecular formula is C17H26FNO2. The molecule has 1 aromatic rings. The van der Waals surface area contributed by atoms with Crippen LogP contribution >= 0.6 is 0 Å². The van der Waals surface area contributed by atoms with Crippen molar-refractivity contribution in [2.24, 2.45) is 5.92 Å². The summed E-state index contributed by atoms with van der Waals surface area (Å²) < 4.78 is 25.0. The molecule has 0 aliphatic carbocycles. The quantitative estimate of drug-likeness (QED) is 0.901. The van der Waals surface area contributed by atoms with E-state index in [1.54, 1.807) is 12.1 Å². The summed E-state index contributed by atoms with van der Waals surface area (Å²) >= 11 is 0. The number of halogens is 1. The molecule has 21 heavy (non-hydrogen) atoms. The highest BCUT2D eigenvalue weighted by Crippen LogP contribution is 2.22. The van der Waals surface area contributed by atoms with Crippen molar-refractivity contribution in [2.45, 2.75) is 45.7 Å². The highest BCUT2D eigenvalue weighted by Gasteiger charge is 2.16. The second kappa shape index (κ2) is 7.23. The Morgan fingerprint density at radius 1 is 1.29 bits per heavy atom. The van der Waals surface area contributed by atoms with E-state index in [9.17, 15) is 4.39 Å². The summed E-state index contributed by atoms with van der Waals surface area (Å²) in [5.41, 5.74) is 0.954. The van der Waals surface area contributed by atoms with Crippen molar-refractivity contribution in [1.29, 1.82) is 0 Å². The highest BCUT2D eigenvalue weighted by molar-refractivity contribution is 5.29. The molecule has 0 spiro atoms. The lowest BCUT2D eigenvalue weighted by Gasteiger charge is -2.22. The summed E-state index contributed by atoms with van der Waals surface area (Å²) in [5, 5.41) is 3.35. The fourth-order valence-corrected chi connectivity index (χ4v) is 2.26. The maximum absolute atomic E-state index is 14.0. The van der Waals surface area contributed by atoms with E-state index >= 15 is 0 Å². The largest absolute Gasteiger partial charge is 0.490 e. The third-order valence-electron chi connectivity index (χ3n) is 3.63. The second-order valence-corrected chi connectivity index (χ2v) is 6.74. The SMILES string of the molecule is CC(C)(C)NCc1ccc(OCC2CCOCC2)c(F)c1. The molecule has 0 saturated carbocycles. The maximum atomic E-state index is 14.0. The molecule has 1 heterocycles. The maximum Gasteiger partial charge on any atom is 0.165 e. The van der Waals surface area contributed by atoms with Gasteiger partial charge in [0.25, 0.3) is 0 Å². The summed E-state index contributed by atoms with van der Waals surface area (Å²) in [6.07, 6.45) is 1.99. The van der Waals surface area contributed by atoms with Crippen LogP contribution in [0, 0.1) is 11.7 Å². The van der Waals surface area contributed by atoms with Crippen molar-refractivity contribution in [1.82, 2.24) is 5.32 Å². The molecule has 3 nitrogen and oxygen atoms in total. The van der Waals surface area contributed by atoms with Gasteiger partial charge < -0.3 is 14.8 Å². The van der Waals surface area contributed by atoms with Crippen LogP contribution in [0.4, 0.5) is 4.39 Å². The Hall–Kier alpha value is -1.13. The van der Waals surface area contributed by atoms with Crippen molar-refractivity contribution in [2.75, 3.05) is 19.8 Å². The fraction of sp³-hybridized carbons (Fsp3) is 0.647. The molecule has 4 heteroatoms. The van der Waals surface area contributed by atoms with E-state index in [4.69, 9.17) is 9.47 Å². The van der Waals surface area contributed by atoms with Gasteiger partial charge in [0, 0.05) is 25.3 Å². The minimum atomic E-state index is -0.282. The number of benzene rings is 1. The predicted molar refractivity (Wildman–Crippen MR) is 82.0 cm³/mol. The molecule has 1 N–H and O–H groups in total. The molecule has 0 radical (unpaired) electrons. The molecule has 1 saturated heterocycles. The first kappa shape index (κ1) is 16.2. The van der Waals surface area contributed by atoms with Crippen LogP contribution in [0.3, 0.4) is 0 Å². The average molecular weight is 295 g/mol. The van der Waals surface area contributed by atoms with Crippen LogP contribution < -0.4 is 10.1 Å². The molecule has 118 valence electrons. The standard InChI is InChI=1S/C17H26FNO2/c1-17(2,3)19-11-14-4-5-16(15(18)10-14)21-12-13-6-8-20-9-7-13/h4-5,10,13,19H,6-9,11-12H2,1-3H3. The number of hydrogen-bond acceptors (Lipinski definition) is 3. The highest BCUT2D eigenvalue weighted by atomic mass is 19.1. The van der Waals surface area contributed by atoms with Gasteiger partial charge in [-0.2, -0.15) is 0 Å². The van der Waals surface area contributed by atoms with Gasteiger partial charge >= 0.3 is 0 Å². The van der Waals surface area contributed by atoms with E-state index < -0.39 is 0 Å². The van der Waals surface area contributed by atoms with Crippen LogP contribution in [-0.2, 0) is 11.3 Å². The lowest BCUT2D eigenvalue weighted by atomic mass is 10.0. The van der Waals surface area contributed by atoms with Crippen molar-refractivity contribution in [3.63, 3.8) is 0 Å². The Balaban J connectivity index is 1.86. The Kier molecular flexibility index (Phi) is 5.59. The van der Waals surface area contributed by atoms with Crippen molar-refractivity contribution in [3.05, 3.63) is 29.6 Å². The molecule has 0 aromatic heterocycles. The number of nitrogens with one attached hydrogen (secondary N) is 1. The van der Waals surface area contributed by atoms with Crippen molar-refractivity contribution < 1.29 is 13.9 Å². The van der Waals surface area contributed by atoms with E-state index in [1.165, 1.54) is 0 Å². The van der Waals surface area contributed by atoms with Gasteiger partial charge in [-0.05, 0) is 57.2 Å². The number of ether oxygens (including phenoxy) is 2. The zero-order valence-corrected chi connectivity index (χ0v) is 13.2. The summed E-state index contributed by atoms with van der Waals surface area (Å²) in [5.74, 6) is 0.539. The van der Waals surface area contributed by atoms with Gasteiger partial charge in [0.1, 0.15) is 0 Å². The molecule has 2 rings (SSSR count). The summed E-state index contributed by atoms with van der Waals surface area (Å²) in [6.45, 7) is 9.07. The fourth-order valence-electron chi connectivity index (χ4n) is 2.26. The van der Waals surface area contributed by atoms with Gasteiger partial charge in [-0.3, -0.25) is 0 Å². The summed E-state index contributed by atoms with van der Waals surface area (Å²) in [6, 6.07) is 5.20. The summed E-state index contributed by atoms with van der Waals surface area (Å²) in [7, 11) is 0. The first-order valence-electron chi connectivity index (χ1n) is 7.68. The van der Waals surface area contributed by atoms with Gasteiger partial charge in [0.2, 0.25) is 0 Å². The molecule has 1 fully saturated rings. The molecule has 1 aliphatic heterocycles. The molecule has 1 aromatic carbocycles. The molecule has 1 aliphatic rings. The third-order valence-corrected chi connectivity index (χ3v) is 3.63. The van der Waals surface area contributed by atoms with E-state index in [-0.39, 0.29) is 11.4 Å². The minimum Gasteiger partial charge on any atom is -0.490 e. The van der Waals surface area contributed by atoms with Crippen LogP contribution in [0.25, 0.3) is 0 Å². The molecule has 0 unspecified atom stereocenters. The normalized spacial score (nSPS) is 17.0. The first-order valence-corrected chi connectivity index (χ1v) is 7.68. The molecular weight excluding hydrogens is 269 g/mol. The van der Waals surface area contributed by atoms with Crippen LogP contribution in [0.5, 0.6) is 5.75 Å². The Labute approximate surface area is 126 Å². The Morgan fingerprint density at radius 3 is 2.62 bits per heavy atom. The van der Waals surface area contributed by atoms with Gasteiger partial charge in [-0.1, -0.05) is 6.07 Å². The van der Waals surface area contributed by atoms with Crippen LogP contribution in [0.1, 0.15) is 39.2 Å². The molecule has 0 amide bonds. The van der Waals surface area contributed by atoms with Crippen molar-refractivity contribution in [3.8, 4) is 5.75 Å². The number of hydrogen-bond donors (Lipinski definition) is 1. The van der Waals surface area contributed by atoms with Gasteiger partial charge in [0.15, 0.2) is 11.6 Å². The molecule has 0 bridgehead atoms. The van der Waals surface area contributed by atoms with Gasteiger partial charge in [-0.15, -0.1) is 0 Å². The Morgan fingerprint density at radius 2 is 2.00 bits per heavy atom. The lowest BCUT2D eigenvalue weighted by Crippen LogP contribution is -2.35. The lowest BCUT2D eigenvalue weighted by molar-refractivity contribution is 0.0491. The van der Waals surface area contributed by atoms with Crippen molar-refractivity contribution >= 4 is 0 Å². The van der Waals surface area contributed by atoms with Crippen LogP contribution in [-0.4, -0.2) is 25.4 Å². The summed E-state index contributed by atoms with van der Waals surface area (Å²) in [4.78, 5) is 0. The number of rotatable bonds is 5. The Bertz CT molecular complexity index is 451.